The van der Waals surface area contributed by atoms with E-state index in [1.807, 2.05) is 0 Å². The van der Waals surface area contributed by atoms with E-state index in [-0.39, 0.29) is 5.97 Å². The lowest BCUT2D eigenvalue weighted by atomic mass is 10.3. The molecule has 0 spiro atoms. The van der Waals surface area contributed by atoms with Crippen LogP contribution in [0.1, 0.15) is 39.0 Å². The predicted octanol–water partition coefficient (Wildman–Crippen LogP) is 1.72. The molecule has 0 saturated heterocycles. The number of hydrogen-bond acceptors (Lipinski definition) is 3. The van der Waals surface area contributed by atoms with Crippen LogP contribution in [-0.4, -0.2) is 25.7 Å². The average molecular weight is 199 g/mol. The Labute approximate surface area is 86.2 Å². The van der Waals surface area contributed by atoms with E-state index < -0.39 is 0 Å². The van der Waals surface area contributed by atoms with Crippen molar-refractivity contribution in [2.24, 2.45) is 5.92 Å². The fourth-order valence-corrected chi connectivity index (χ4v) is 1.28. The molecule has 14 heavy (non-hydrogen) atoms. The zero-order valence-corrected chi connectivity index (χ0v) is 9.05. The second-order valence-electron chi connectivity index (χ2n) is 3.98. The third-order valence-corrected chi connectivity index (χ3v) is 2.46. The summed E-state index contributed by atoms with van der Waals surface area (Å²) >= 11 is 0. The molecule has 0 aromatic heterocycles. The largest absolute Gasteiger partial charge is 0.465 e. The maximum absolute atomic E-state index is 11.1. The summed E-state index contributed by atoms with van der Waals surface area (Å²) in [7, 11) is 0. The molecule has 0 atom stereocenters. The summed E-state index contributed by atoms with van der Waals surface area (Å²) in [5.41, 5.74) is 0. The zero-order chi connectivity index (χ0) is 10.2. The third kappa shape index (κ3) is 5.97. The summed E-state index contributed by atoms with van der Waals surface area (Å²) in [4.78, 5) is 11.1. The van der Waals surface area contributed by atoms with Crippen molar-refractivity contribution in [3.63, 3.8) is 0 Å². The molecule has 0 bridgehead atoms. The average Bonchev–Trinajstić information content (AvgIpc) is 2.97. The first-order chi connectivity index (χ1) is 6.83. The molecular formula is C11H21NO2. The van der Waals surface area contributed by atoms with Gasteiger partial charge in [-0.2, -0.15) is 0 Å². The van der Waals surface area contributed by atoms with E-state index in [0.29, 0.717) is 13.2 Å². The Balaban J connectivity index is 1.81. The van der Waals surface area contributed by atoms with Gasteiger partial charge in [0.25, 0.3) is 0 Å². The van der Waals surface area contributed by atoms with Gasteiger partial charge in [-0.25, -0.2) is 0 Å². The lowest BCUT2D eigenvalue weighted by Crippen LogP contribution is -2.26. The molecule has 0 amide bonds. The fraction of sp³-hybridized carbons (Fsp3) is 0.909. The second-order valence-corrected chi connectivity index (χ2v) is 3.98. The van der Waals surface area contributed by atoms with Gasteiger partial charge in [-0.1, -0.05) is 26.2 Å². The lowest BCUT2D eigenvalue weighted by Gasteiger charge is -2.04. The molecule has 1 N–H and O–H groups in total. The van der Waals surface area contributed by atoms with Crippen molar-refractivity contribution in [1.82, 2.24) is 5.32 Å². The maximum atomic E-state index is 11.1. The molecule has 1 rings (SSSR count). The Morgan fingerprint density at radius 3 is 2.93 bits per heavy atom. The minimum atomic E-state index is -0.116. The van der Waals surface area contributed by atoms with Crippen LogP contribution in [0.15, 0.2) is 0 Å². The number of unbranched alkanes of at least 4 members (excludes halogenated alkanes) is 1. The number of rotatable bonds is 8. The number of esters is 1. The first-order valence-corrected chi connectivity index (χ1v) is 5.69. The van der Waals surface area contributed by atoms with E-state index in [9.17, 15) is 4.79 Å². The number of hydrogen-bond donors (Lipinski definition) is 1. The van der Waals surface area contributed by atoms with Gasteiger partial charge in [0, 0.05) is 0 Å². The van der Waals surface area contributed by atoms with Crippen LogP contribution in [0.3, 0.4) is 0 Å². The van der Waals surface area contributed by atoms with E-state index in [1.54, 1.807) is 0 Å². The fourth-order valence-electron chi connectivity index (χ4n) is 1.28. The van der Waals surface area contributed by atoms with E-state index in [4.69, 9.17) is 4.74 Å². The number of nitrogens with one attached hydrogen (secondary N) is 1. The van der Waals surface area contributed by atoms with Crippen molar-refractivity contribution in [3.8, 4) is 0 Å². The molecule has 82 valence electrons. The predicted molar refractivity (Wildman–Crippen MR) is 56.1 cm³/mol. The van der Waals surface area contributed by atoms with Crippen molar-refractivity contribution in [2.75, 3.05) is 19.7 Å². The van der Waals surface area contributed by atoms with Crippen molar-refractivity contribution >= 4 is 5.97 Å². The molecule has 3 nitrogen and oxygen atoms in total. The van der Waals surface area contributed by atoms with Gasteiger partial charge in [-0.15, -0.1) is 0 Å². The molecule has 1 aliphatic carbocycles. The van der Waals surface area contributed by atoms with E-state index >= 15 is 0 Å². The van der Waals surface area contributed by atoms with Crippen LogP contribution in [-0.2, 0) is 9.53 Å². The molecule has 1 fully saturated rings. The standard InChI is InChI=1S/C11H21NO2/c1-2-3-8-14-11(13)9-12-7-6-10-4-5-10/h10,12H,2-9H2,1H3. The van der Waals surface area contributed by atoms with Gasteiger partial charge in [0.05, 0.1) is 13.2 Å². The summed E-state index contributed by atoms with van der Waals surface area (Å²) < 4.78 is 5.00. The highest BCUT2D eigenvalue weighted by atomic mass is 16.5. The summed E-state index contributed by atoms with van der Waals surface area (Å²) in [6.07, 6.45) is 6.00. The summed E-state index contributed by atoms with van der Waals surface area (Å²) in [5.74, 6) is 0.813. The molecule has 0 aromatic rings. The zero-order valence-electron chi connectivity index (χ0n) is 9.05. The third-order valence-electron chi connectivity index (χ3n) is 2.46. The first-order valence-electron chi connectivity index (χ1n) is 5.69. The van der Waals surface area contributed by atoms with Gasteiger partial charge >= 0.3 is 5.97 Å². The van der Waals surface area contributed by atoms with Gasteiger partial charge in [-0.05, 0) is 25.3 Å². The SMILES string of the molecule is CCCCOC(=O)CNCCC1CC1. The van der Waals surface area contributed by atoms with Gasteiger partial charge in [0.1, 0.15) is 0 Å². The van der Waals surface area contributed by atoms with E-state index in [2.05, 4.69) is 12.2 Å². The normalized spacial score (nSPS) is 15.5. The summed E-state index contributed by atoms with van der Waals surface area (Å²) in [5, 5.41) is 3.11. The molecule has 0 aromatic carbocycles. The Morgan fingerprint density at radius 1 is 1.50 bits per heavy atom. The van der Waals surface area contributed by atoms with Crippen molar-refractivity contribution in [2.45, 2.75) is 39.0 Å². The smallest absolute Gasteiger partial charge is 0.319 e. The van der Waals surface area contributed by atoms with Crippen LogP contribution >= 0.6 is 0 Å². The highest BCUT2D eigenvalue weighted by molar-refractivity contribution is 5.71. The van der Waals surface area contributed by atoms with Crippen molar-refractivity contribution in [3.05, 3.63) is 0 Å². The molecule has 0 unspecified atom stereocenters. The molecule has 1 aliphatic rings. The first kappa shape index (κ1) is 11.5. The monoisotopic (exact) mass is 199 g/mol. The van der Waals surface area contributed by atoms with E-state index in [0.717, 1.165) is 25.3 Å². The Hall–Kier alpha value is -0.570. The van der Waals surface area contributed by atoms with Crippen LogP contribution in [0.25, 0.3) is 0 Å². The summed E-state index contributed by atoms with van der Waals surface area (Å²) in [6.45, 7) is 3.98. The van der Waals surface area contributed by atoms with Crippen molar-refractivity contribution in [1.29, 1.82) is 0 Å². The number of ether oxygens (including phenoxy) is 1. The molecule has 0 radical (unpaired) electrons. The van der Waals surface area contributed by atoms with Crippen LogP contribution in [0, 0.1) is 5.92 Å². The molecule has 0 aliphatic heterocycles. The highest BCUT2D eigenvalue weighted by Crippen LogP contribution is 2.31. The Kier molecular flexibility index (Phi) is 5.60. The van der Waals surface area contributed by atoms with Gasteiger partial charge in [0.2, 0.25) is 0 Å². The van der Waals surface area contributed by atoms with Crippen LogP contribution in [0.4, 0.5) is 0 Å². The summed E-state index contributed by atoms with van der Waals surface area (Å²) in [6, 6.07) is 0. The molecule has 3 heteroatoms. The minimum Gasteiger partial charge on any atom is -0.465 e. The van der Waals surface area contributed by atoms with Crippen LogP contribution < -0.4 is 5.32 Å². The molecule has 1 saturated carbocycles. The maximum Gasteiger partial charge on any atom is 0.319 e. The minimum absolute atomic E-state index is 0.116. The Morgan fingerprint density at radius 2 is 2.29 bits per heavy atom. The van der Waals surface area contributed by atoms with Crippen LogP contribution in [0.2, 0.25) is 0 Å². The van der Waals surface area contributed by atoms with E-state index in [1.165, 1.54) is 19.3 Å². The number of carbonyl (C=O) groups excluding carboxylic acids is 1. The van der Waals surface area contributed by atoms with Crippen LogP contribution in [0.5, 0.6) is 0 Å². The van der Waals surface area contributed by atoms with Gasteiger partial charge in [0.15, 0.2) is 0 Å². The Bertz CT molecular complexity index is 167. The number of carbonyl (C=O) groups is 1. The second kappa shape index (κ2) is 6.82. The quantitative estimate of drug-likeness (QED) is 0.478. The lowest BCUT2D eigenvalue weighted by molar-refractivity contribution is -0.142. The topological polar surface area (TPSA) is 38.3 Å². The van der Waals surface area contributed by atoms with Crippen molar-refractivity contribution < 1.29 is 9.53 Å². The highest BCUT2D eigenvalue weighted by Gasteiger charge is 2.20. The molecular weight excluding hydrogens is 178 g/mol. The van der Waals surface area contributed by atoms with Gasteiger partial charge in [-0.3, -0.25) is 4.79 Å². The molecule has 0 heterocycles. The van der Waals surface area contributed by atoms with Gasteiger partial charge < -0.3 is 10.1 Å².